The number of alkyl carbamates (subject to hydrolysis) is 1. The van der Waals surface area contributed by atoms with Crippen molar-refractivity contribution in [3.63, 3.8) is 0 Å². The van der Waals surface area contributed by atoms with Gasteiger partial charge in [-0.25, -0.2) is 9.36 Å². The Balaban J connectivity index is 0.717. The number of amides is 5. The van der Waals surface area contributed by atoms with Crippen molar-refractivity contribution in [3.8, 4) is 0 Å². The number of allylic oxidation sites excluding steroid dienone is 1. The quantitative estimate of drug-likeness (QED) is 0.0181. The topological polar surface area (TPSA) is 468 Å². The smallest absolute Gasteiger partial charge is 0.446 e. The molecule has 0 aromatic rings. The lowest BCUT2D eigenvalue weighted by molar-refractivity contribution is -0.301. The number of hydrogen-bond acceptors (Lipinski definition) is 26. The van der Waals surface area contributed by atoms with E-state index in [1.54, 1.807) is 0 Å². The Bertz CT molecular complexity index is 3190. The van der Waals surface area contributed by atoms with Crippen LogP contribution in [0.5, 0.6) is 0 Å². The molecule has 8 aliphatic rings. The number of ether oxygens (including phenoxy) is 5. The van der Waals surface area contributed by atoms with Gasteiger partial charge in [0.2, 0.25) is 23.6 Å². The van der Waals surface area contributed by atoms with Gasteiger partial charge in [-0.2, -0.15) is 0 Å². The minimum atomic E-state index is -4.86. The van der Waals surface area contributed by atoms with Gasteiger partial charge in [0, 0.05) is 85.0 Å². The standard InChI is InChI=1S/C80H139N5O27P2S/c1-50(2)21-20-22-51(3)59-31-32-60-58-30-29-52-41-56(33-35-79(52,4)61(58)34-36-80(59,60)5)109-78(100)82-38-16-9-12-28-69(93)85-45-57(43-54(85)49-108-114(103,115)104-6)112-113(101,102)107-48-53-42-55(88)44-84(53)68(92)27-11-8-7-10-24-63(89)62(83-67(91)26-15-19-40-106-77-75(99)73(97)71(95)65(47-87)111-77)23-13-17-37-81-66(90)25-14-18-39-105-76-74(98)72(96)70(94)64(46-86)110-76/h29,50-51,53-62,64-65,70-77,86-88,94-99H,7-28,30-49H2,1-6H3,(H,81,90)(H,82,100)(H,83,91)(H,101,102)(H,103,115)/t51-,53?,54+,55-,56+,57-,58?,59-,60?,61?,62+,64?,65?,70?,71?,72?,73?,74?,75?,76?,77?,79+,80-,114?/m1/s1. The second-order valence-electron chi connectivity index (χ2n) is 34.7. The molecule has 4 heterocycles. The second-order valence-corrected chi connectivity index (χ2v) is 39.0. The average molecular weight is 1700 g/mol. The third-order valence-corrected chi connectivity index (χ3v) is 28.8. The second kappa shape index (κ2) is 46.8. The van der Waals surface area contributed by atoms with E-state index >= 15 is 0 Å². The van der Waals surface area contributed by atoms with E-state index in [-0.39, 0.29) is 126 Å². The molecule has 0 radical (unpaired) electrons. The Morgan fingerprint density at radius 2 is 1.18 bits per heavy atom. The molecule has 14 N–H and O–H groups in total. The number of unbranched alkanes of at least 4 members (excludes halogenated alkanes) is 8. The number of ketones is 1. The third kappa shape index (κ3) is 28.4. The molecule has 4 aliphatic heterocycles. The third-order valence-electron chi connectivity index (χ3n) is 26.0. The number of nitrogens with zero attached hydrogens (tertiary/aromatic N) is 2. The summed E-state index contributed by atoms with van der Waals surface area (Å²) >= 11 is 5.06. The summed E-state index contributed by atoms with van der Waals surface area (Å²) in [5.74, 6) is 3.04. The number of β-amino-alcohol motifs (C(OH)–C–C–N with tert-alkyl or cyclic N) is 1. The van der Waals surface area contributed by atoms with Gasteiger partial charge in [0.15, 0.2) is 18.4 Å². The summed E-state index contributed by atoms with van der Waals surface area (Å²) < 4.78 is 63.1. The predicted octanol–water partition coefficient (Wildman–Crippen LogP) is 6.28. The first-order chi connectivity index (χ1) is 54.7. The largest absolute Gasteiger partial charge is 0.472 e. The Morgan fingerprint density at radius 3 is 1.81 bits per heavy atom. The summed E-state index contributed by atoms with van der Waals surface area (Å²) in [5, 5.41) is 98.9. The highest BCUT2D eigenvalue weighted by molar-refractivity contribution is 8.07. The molecular weight excluding hydrogens is 1560 g/mol. The summed E-state index contributed by atoms with van der Waals surface area (Å²) in [6.07, 6.45) is 5.55. The maximum atomic E-state index is 13.9. The van der Waals surface area contributed by atoms with E-state index in [0.717, 1.165) is 55.3 Å². The highest BCUT2D eigenvalue weighted by Gasteiger charge is 2.60. The van der Waals surface area contributed by atoms with Crippen LogP contribution in [0.25, 0.3) is 0 Å². The van der Waals surface area contributed by atoms with E-state index < -0.39 is 138 Å². The van der Waals surface area contributed by atoms with Crippen LogP contribution in [0, 0.1) is 46.3 Å². The summed E-state index contributed by atoms with van der Waals surface area (Å²) in [7, 11) is -3.66. The number of carbonyl (C=O) groups is 6. The van der Waals surface area contributed by atoms with Crippen LogP contribution in [-0.4, -0.2) is 272 Å². The molecule has 25 atom stereocenters. The predicted molar refractivity (Wildman–Crippen MR) is 425 cm³/mol. The summed E-state index contributed by atoms with van der Waals surface area (Å²) in [4.78, 5) is 105. The lowest BCUT2D eigenvalue weighted by Gasteiger charge is -2.58. The Morgan fingerprint density at radius 1 is 0.609 bits per heavy atom. The molecule has 0 spiro atoms. The fourth-order valence-corrected chi connectivity index (χ4v) is 21.1. The maximum absolute atomic E-state index is 13.9. The Labute approximate surface area is 684 Å². The fraction of sp³-hybridized carbons (Fsp3) is 0.900. The zero-order valence-electron chi connectivity index (χ0n) is 68.6. The van der Waals surface area contributed by atoms with Crippen LogP contribution in [0.2, 0.25) is 0 Å². The Kier molecular flexibility index (Phi) is 39.5. The van der Waals surface area contributed by atoms with Gasteiger partial charge in [0.25, 0.3) is 0 Å². The van der Waals surface area contributed by atoms with Crippen LogP contribution < -0.4 is 16.0 Å². The number of aliphatic hydroxyl groups excluding tert-OH is 9. The number of Topliss-reactive ketones (excluding diaryl/α,β-unsaturated/α-hetero) is 1. The summed E-state index contributed by atoms with van der Waals surface area (Å²) in [6, 6.07) is -2.35. The molecule has 3 saturated carbocycles. The van der Waals surface area contributed by atoms with E-state index in [1.807, 2.05) is 0 Å². The van der Waals surface area contributed by atoms with Gasteiger partial charge in [0.05, 0.1) is 56.8 Å². The van der Waals surface area contributed by atoms with Crippen LogP contribution in [0.4, 0.5) is 4.79 Å². The minimum absolute atomic E-state index is 0.000504. The van der Waals surface area contributed by atoms with E-state index in [0.29, 0.717) is 101 Å². The molecule has 16 unspecified atom stereocenters. The molecule has 32 nitrogen and oxygen atoms in total. The molecule has 0 aromatic carbocycles. The summed E-state index contributed by atoms with van der Waals surface area (Å²) in [5.41, 5.74) is 2.03. The number of nitrogens with one attached hydrogen (secondary N) is 3. The molecule has 35 heteroatoms. The number of rotatable bonds is 49. The highest BCUT2D eigenvalue weighted by atomic mass is 32.5. The number of phosphoric ester groups is 1. The minimum Gasteiger partial charge on any atom is -0.446 e. The molecule has 8 rings (SSSR count). The average Bonchev–Trinajstić information content (AvgIpc) is 1.68. The van der Waals surface area contributed by atoms with E-state index in [4.69, 9.17) is 53.6 Å². The normalized spacial score (nSPS) is 33.6. The molecule has 662 valence electrons. The first-order valence-electron chi connectivity index (χ1n) is 42.7. The molecule has 4 aliphatic carbocycles. The highest BCUT2D eigenvalue weighted by Crippen LogP contribution is 2.67. The van der Waals surface area contributed by atoms with Gasteiger partial charge in [-0.3, -0.25) is 33.0 Å². The van der Waals surface area contributed by atoms with E-state index in [9.17, 15) is 89.1 Å². The van der Waals surface area contributed by atoms with Gasteiger partial charge < -0.3 is 114 Å². The van der Waals surface area contributed by atoms with Crippen molar-refractivity contribution < 1.29 is 131 Å². The number of fused-ring (bicyclic) bond motifs is 5. The monoisotopic (exact) mass is 1700 g/mol. The van der Waals surface area contributed by atoms with Crippen molar-refractivity contribution in [2.24, 2.45) is 46.3 Å². The fourth-order valence-electron chi connectivity index (χ4n) is 19.5. The molecule has 4 saturated heterocycles. The van der Waals surface area contributed by atoms with Gasteiger partial charge in [-0.05, 0) is 187 Å². The number of likely N-dealkylation sites (tertiary alicyclic amines) is 2. The number of aliphatic hydroxyl groups is 9. The van der Waals surface area contributed by atoms with Gasteiger partial charge in [-0.1, -0.05) is 84.8 Å². The van der Waals surface area contributed by atoms with Crippen molar-refractivity contribution in [1.82, 2.24) is 25.8 Å². The van der Waals surface area contributed by atoms with Crippen LogP contribution in [0.15, 0.2) is 11.6 Å². The van der Waals surface area contributed by atoms with Crippen LogP contribution in [-0.2, 0) is 82.1 Å². The number of phosphoric acid groups is 1. The summed E-state index contributed by atoms with van der Waals surface area (Å²) in [6.45, 7) is 7.29. The van der Waals surface area contributed by atoms with Gasteiger partial charge in [0.1, 0.15) is 54.9 Å². The van der Waals surface area contributed by atoms with Crippen LogP contribution in [0.3, 0.4) is 0 Å². The van der Waals surface area contributed by atoms with Gasteiger partial charge >= 0.3 is 20.6 Å². The molecule has 0 aromatic heterocycles. The van der Waals surface area contributed by atoms with E-state index in [1.165, 1.54) is 67.4 Å². The van der Waals surface area contributed by atoms with Crippen molar-refractivity contribution >= 4 is 61.9 Å². The first-order valence-corrected chi connectivity index (χ1v) is 46.8. The maximum Gasteiger partial charge on any atom is 0.472 e. The van der Waals surface area contributed by atoms with Crippen molar-refractivity contribution in [1.29, 1.82) is 0 Å². The van der Waals surface area contributed by atoms with E-state index in [2.05, 4.69) is 56.6 Å². The van der Waals surface area contributed by atoms with Crippen molar-refractivity contribution in [3.05, 3.63) is 11.6 Å². The van der Waals surface area contributed by atoms with Crippen molar-refractivity contribution in [2.75, 3.05) is 72.9 Å². The van der Waals surface area contributed by atoms with Crippen molar-refractivity contribution in [2.45, 2.75) is 338 Å². The van der Waals surface area contributed by atoms with Crippen LogP contribution >= 0.6 is 14.5 Å². The zero-order valence-corrected chi connectivity index (χ0v) is 71.2. The SMILES string of the molecule is COP(O)(=S)OC[C@@H]1C[C@@H](OP(=O)(O)OCC2C[C@@H](O)CN2C(=O)CCCCCCC(=O)[C@H](CCCCNC(=O)CCCCOC2OC(CO)C(O)C(O)C2O)NC(=O)CCCCOC2OC(CO)C(O)C(O)C2O)CN1C(=O)CCCCCNC(=O)O[C@H]1CC[C@@]2(C)C(=CCC3C2CC[C@@]2(C)C3CC[C@@H]2[C@H](C)CCCC(C)C)C1. The zero-order chi connectivity index (χ0) is 83.8. The Hall–Kier alpha value is -3.32. The lowest BCUT2D eigenvalue weighted by atomic mass is 9.47. The number of hydrogen-bond donors (Lipinski definition) is 14. The number of carbonyl (C=O) groups excluding carboxylic acids is 6. The molecule has 7 fully saturated rings. The molecule has 5 amide bonds. The van der Waals surface area contributed by atoms with Crippen LogP contribution in [0.1, 0.15) is 240 Å². The van der Waals surface area contributed by atoms with Gasteiger partial charge in [-0.15, -0.1) is 0 Å². The first kappa shape index (κ1) is 97.1. The molecule has 115 heavy (non-hydrogen) atoms. The lowest BCUT2D eigenvalue weighted by Crippen LogP contribution is -2.59. The molecule has 0 bridgehead atoms. The molecular formula is C80H139N5O27P2S.